The molecule has 1 amide bonds. The van der Waals surface area contributed by atoms with Gasteiger partial charge in [0.05, 0.1) is 0 Å². The molecule has 0 saturated carbocycles. The first kappa shape index (κ1) is 22.0. The fourth-order valence-electron chi connectivity index (χ4n) is 5.34. The predicted octanol–water partition coefficient (Wildman–Crippen LogP) is 2.64. The van der Waals surface area contributed by atoms with Crippen molar-refractivity contribution in [3.63, 3.8) is 0 Å². The van der Waals surface area contributed by atoms with Gasteiger partial charge in [-0.1, -0.05) is 18.2 Å². The van der Waals surface area contributed by atoms with Gasteiger partial charge in [-0.3, -0.25) is 4.79 Å². The van der Waals surface area contributed by atoms with Crippen LogP contribution in [0.1, 0.15) is 22.8 Å². The Morgan fingerprint density at radius 2 is 1.76 bits per heavy atom. The molecule has 6 rings (SSSR count). The fraction of sp³-hybridized carbons (Fsp3) is 0.423. The lowest BCUT2D eigenvalue weighted by Crippen LogP contribution is -2.37. The minimum atomic E-state index is -1.10. The minimum absolute atomic E-state index is 0.187. The molecule has 0 aliphatic carbocycles. The SMILES string of the molecule is CN1CCc2c(cccc2C(O)C(=O)N2CC3=C(CN(Sc4ccc5c(c4)OCCO5)C3)C2)C1. The summed E-state index contributed by atoms with van der Waals surface area (Å²) in [4.78, 5) is 18.4. The van der Waals surface area contributed by atoms with Gasteiger partial charge in [-0.15, -0.1) is 0 Å². The number of aliphatic hydroxyl groups excluding tert-OH is 1. The minimum Gasteiger partial charge on any atom is -0.486 e. The van der Waals surface area contributed by atoms with Crippen molar-refractivity contribution in [2.75, 3.05) is 53.0 Å². The van der Waals surface area contributed by atoms with E-state index < -0.39 is 6.10 Å². The second-order valence-electron chi connectivity index (χ2n) is 9.47. The Labute approximate surface area is 204 Å². The van der Waals surface area contributed by atoms with Crippen molar-refractivity contribution in [3.8, 4) is 11.5 Å². The van der Waals surface area contributed by atoms with Crippen LogP contribution in [0.3, 0.4) is 0 Å². The van der Waals surface area contributed by atoms with Crippen molar-refractivity contribution < 1.29 is 19.4 Å². The first-order valence-electron chi connectivity index (χ1n) is 11.8. The van der Waals surface area contributed by atoms with Crippen LogP contribution in [-0.4, -0.2) is 78.1 Å². The average molecular weight is 480 g/mol. The molecular formula is C26H29N3O4S. The van der Waals surface area contributed by atoms with Gasteiger partial charge < -0.3 is 24.4 Å². The van der Waals surface area contributed by atoms with Gasteiger partial charge in [0.15, 0.2) is 17.6 Å². The zero-order valence-electron chi connectivity index (χ0n) is 19.3. The van der Waals surface area contributed by atoms with E-state index in [0.29, 0.717) is 26.3 Å². The number of amides is 1. The number of likely N-dealkylation sites (N-methyl/N-ethyl adjacent to an activating group) is 1. The van der Waals surface area contributed by atoms with Crippen LogP contribution in [0.15, 0.2) is 52.4 Å². The summed E-state index contributed by atoms with van der Waals surface area (Å²) in [6.07, 6.45) is -0.228. The summed E-state index contributed by atoms with van der Waals surface area (Å²) in [6, 6.07) is 12.0. The molecule has 4 aliphatic heterocycles. The van der Waals surface area contributed by atoms with Gasteiger partial charge in [-0.05, 0) is 71.5 Å². The first-order chi connectivity index (χ1) is 16.5. The molecule has 0 aromatic heterocycles. The molecule has 1 unspecified atom stereocenters. The molecule has 4 heterocycles. The summed E-state index contributed by atoms with van der Waals surface area (Å²) < 4.78 is 13.6. The lowest BCUT2D eigenvalue weighted by atomic mass is 9.91. The second kappa shape index (κ2) is 8.92. The topological polar surface area (TPSA) is 65.5 Å². The number of hydrogen-bond donors (Lipinski definition) is 1. The van der Waals surface area contributed by atoms with Gasteiger partial charge in [-0.2, -0.15) is 0 Å². The Morgan fingerprint density at radius 3 is 2.56 bits per heavy atom. The van der Waals surface area contributed by atoms with Crippen LogP contribution in [0.5, 0.6) is 11.5 Å². The Morgan fingerprint density at radius 1 is 1.00 bits per heavy atom. The number of fused-ring (bicyclic) bond motifs is 2. The van der Waals surface area contributed by atoms with Gasteiger partial charge in [0.1, 0.15) is 13.2 Å². The average Bonchev–Trinajstić information content (AvgIpc) is 3.41. The number of aliphatic hydroxyl groups is 1. The Hall–Kier alpha value is -2.52. The molecule has 1 atom stereocenters. The van der Waals surface area contributed by atoms with E-state index in [0.717, 1.165) is 60.1 Å². The zero-order chi connectivity index (χ0) is 23.2. The Bertz CT molecular complexity index is 1150. The van der Waals surface area contributed by atoms with E-state index in [1.807, 2.05) is 29.2 Å². The van der Waals surface area contributed by atoms with Crippen LogP contribution in [-0.2, 0) is 17.8 Å². The third kappa shape index (κ3) is 4.09. The van der Waals surface area contributed by atoms with E-state index >= 15 is 0 Å². The van der Waals surface area contributed by atoms with Gasteiger partial charge in [0.25, 0.3) is 5.91 Å². The number of hydrogen-bond acceptors (Lipinski definition) is 7. The monoisotopic (exact) mass is 479 g/mol. The summed E-state index contributed by atoms with van der Waals surface area (Å²) in [5.74, 6) is 1.42. The molecule has 4 aliphatic rings. The van der Waals surface area contributed by atoms with Crippen molar-refractivity contribution in [1.82, 2.24) is 14.1 Å². The molecule has 2 aromatic carbocycles. The molecule has 0 saturated heterocycles. The molecule has 34 heavy (non-hydrogen) atoms. The van der Waals surface area contributed by atoms with Gasteiger partial charge in [0, 0.05) is 44.2 Å². The molecular weight excluding hydrogens is 450 g/mol. The Balaban J connectivity index is 1.08. The van der Waals surface area contributed by atoms with E-state index in [1.54, 1.807) is 11.9 Å². The maximum Gasteiger partial charge on any atom is 0.256 e. The first-order valence-corrected chi connectivity index (χ1v) is 12.6. The van der Waals surface area contributed by atoms with Crippen molar-refractivity contribution in [3.05, 3.63) is 64.2 Å². The second-order valence-corrected chi connectivity index (χ2v) is 10.6. The van der Waals surface area contributed by atoms with Crippen LogP contribution in [0.2, 0.25) is 0 Å². The highest BCUT2D eigenvalue weighted by Crippen LogP contribution is 2.38. The van der Waals surface area contributed by atoms with Crippen LogP contribution < -0.4 is 9.47 Å². The lowest BCUT2D eigenvalue weighted by molar-refractivity contribution is -0.139. The number of ether oxygens (including phenoxy) is 2. The smallest absolute Gasteiger partial charge is 0.256 e. The van der Waals surface area contributed by atoms with Gasteiger partial charge in [-0.25, -0.2) is 4.31 Å². The number of nitrogens with zero attached hydrogens (tertiary/aromatic N) is 3. The normalized spacial score (nSPS) is 20.9. The van der Waals surface area contributed by atoms with Crippen molar-refractivity contribution in [2.24, 2.45) is 0 Å². The highest BCUT2D eigenvalue weighted by molar-refractivity contribution is 7.97. The third-order valence-corrected chi connectivity index (χ3v) is 8.06. The molecule has 0 bridgehead atoms. The summed E-state index contributed by atoms with van der Waals surface area (Å²) in [6.45, 7) is 5.82. The molecule has 178 valence electrons. The Kier molecular flexibility index (Phi) is 5.77. The van der Waals surface area contributed by atoms with E-state index in [4.69, 9.17) is 9.47 Å². The third-order valence-electron chi connectivity index (χ3n) is 7.08. The molecule has 0 spiro atoms. The highest BCUT2D eigenvalue weighted by Gasteiger charge is 2.36. The summed E-state index contributed by atoms with van der Waals surface area (Å²) >= 11 is 1.71. The summed E-state index contributed by atoms with van der Waals surface area (Å²) in [5.41, 5.74) is 5.72. The predicted molar refractivity (Wildman–Crippen MR) is 130 cm³/mol. The van der Waals surface area contributed by atoms with E-state index in [1.165, 1.54) is 16.7 Å². The number of benzene rings is 2. The van der Waals surface area contributed by atoms with E-state index in [-0.39, 0.29) is 5.91 Å². The standard InChI is InChI=1S/C26H29N3O4S/c1-27-8-7-21-17(12-27)3-2-4-22(21)25(30)26(31)28-13-18-15-29(16-19(18)14-28)34-20-5-6-23-24(11-20)33-10-9-32-23/h2-6,11,25,30H,7-10,12-16H2,1H3. The van der Waals surface area contributed by atoms with Crippen LogP contribution in [0.4, 0.5) is 0 Å². The molecule has 0 radical (unpaired) electrons. The van der Waals surface area contributed by atoms with E-state index in [2.05, 4.69) is 28.4 Å². The van der Waals surface area contributed by atoms with Crippen molar-refractivity contribution in [2.45, 2.75) is 24.0 Å². The number of carbonyl (C=O) groups excluding carboxylic acids is 1. The van der Waals surface area contributed by atoms with Gasteiger partial charge >= 0.3 is 0 Å². The lowest BCUT2D eigenvalue weighted by Gasteiger charge is -2.29. The summed E-state index contributed by atoms with van der Waals surface area (Å²) in [7, 11) is 2.10. The maximum absolute atomic E-state index is 13.2. The molecule has 0 fully saturated rings. The zero-order valence-corrected chi connectivity index (χ0v) is 20.1. The quantitative estimate of drug-likeness (QED) is 0.534. The van der Waals surface area contributed by atoms with Crippen molar-refractivity contribution in [1.29, 1.82) is 0 Å². The van der Waals surface area contributed by atoms with Crippen LogP contribution >= 0.6 is 11.9 Å². The maximum atomic E-state index is 13.2. The summed E-state index contributed by atoms with van der Waals surface area (Å²) in [5, 5.41) is 11.0. The molecule has 2 aromatic rings. The highest BCUT2D eigenvalue weighted by atomic mass is 32.2. The largest absolute Gasteiger partial charge is 0.486 e. The molecule has 8 heteroatoms. The van der Waals surface area contributed by atoms with Crippen LogP contribution in [0.25, 0.3) is 0 Å². The molecule has 1 N–H and O–H groups in total. The van der Waals surface area contributed by atoms with Crippen LogP contribution in [0, 0.1) is 0 Å². The fourth-order valence-corrected chi connectivity index (χ4v) is 6.37. The number of carbonyl (C=O) groups is 1. The molecule has 7 nitrogen and oxygen atoms in total. The van der Waals surface area contributed by atoms with E-state index in [9.17, 15) is 9.90 Å². The van der Waals surface area contributed by atoms with Crippen molar-refractivity contribution >= 4 is 17.9 Å². The van der Waals surface area contributed by atoms with Gasteiger partial charge in [0.2, 0.25) is 0 Å². The number of rotatable bonds is 4.